The summed E-state index contributed by atoms with van der Waals surface area (Å²) in [7, 11) is 0. The van der Waals surface area contributed by atoms with Crippen molar-refractivity contribution in [2.24, 2.45) is 11.3 Å². The zero-order valence-corrected chi connectivity index (χ0v) is 14.5. The van der Waals surface area contributed by atoms with Crippen LogP contribution in [0, 0.1) is 17.2 Å². The number of aliphatic carboxylic acids is 1. The van der Waals surface area contributed by atoms with Crippen LogP contribution in [-0.4, -0.2) is 50.0 Å². The van der Waals surface area contributed by atoms with Crippen LogP contribution in [0.15, 0.2) is 24.4 Å². The third-order valence-electron chi connectivity index (χ3n) is 5.42. The van der Waals surface area contributed by atoms with E-state index in [1.807, 2.05) is 0 Å². The summed E-state index contributed by atoms with van der Waals surface area (Å²) in [5.41, 5.74) is 0.0827. The largest absolute Gasteiger partial charge is 0.481 e. The maximum absolute atomic E-state index is 14.1. The molecule has 1 aromatic carbocycles. The SMILES string of the molecule is O=C(O)C1CC12CCN(C(=O)c1cn(-c3cccc(Cl)c3F)nn1)CC2. The highest BCUT2D eigenvalue weighted by atomic mass is 35.5. The number of piperidine rings is 1. The van der Waals surface area contributed by atoms with Crippen molar-refractivity contribution in [1.82, 2.24) is 19.9 Å². The lowest BCUT2D eigenvalue weighted by molar-refractivity contribution is -0.139. The first-order chi connectivity index (χ1) is 12.4. The molecule has 1 spiro atoms. The summed E-state index contributed by atoms with van der Waals surface area (Å²) in [5, 5.41) is 16.8. The van der Waals surface area contributed by atoms with Crippen LogP contribution >= 0.6 is 11.6 Å². The summed E-state index contributed by atoms with van der Waals surface area (Å²) in [6.45, 7) is 0.974. The Balaban J connectivity index is 1.46. The molecule has 1 aliphatic carbocycles. The van der Waals surface area contributed by atoms with E-state index in [9.17, 15) is 14.0 Å². The number of halogens is 2. The summed E-state index contributed by atoms with van der Waals surface area (Å²) in [6, 6.07) is 4.51. The molecule has 4 rings (SSSR count). The maximum Gasteiger partial charge on any atom is 0.307 e. The van der Waals surface area contributed by atoms with E-state index in [1.54, 1.807) is 11.0 Å². The molecule has 0 radical (unpaired) electrons. The molecule has 0 bridgehead atoms. The van der Waals surface area contributed by atoms with Crippen LogP contribution in [0.3, 0.4) is 0 Å². The highest BCUT2D eigenvalue weighted by Crippen LogP contribution is 2.59. The molecule has 1 aromatic heterocycles. The van der Waals surface area contributed by atoms with Gasteiger partial charge in [0.1, 0.15) is 5.69 Å². The number of carbonyl (C=O) groups excluding carboxylic acids is 1. The summed E-state index contributed by atoms with van der Waals surface area (Å²) in [5.74, 6) is -1.96. The topological polar surface area (TPSA) is 88.3 Å². The van der Waals surface area contributed by atoms with Crippen molar-refractivity contribution in [3.05, 3.63) is 40.9 Å². The van der Waals surface area contributed by atoms with Crippen molar-refractivity contribution < 1.29 is 19.1 Å². The van der Waals surface area contributed by atoms with Crippen LogP contribution in [0.5, 0.6) is 0 Å². The van der Waals surface area contributed by atoms with Crippen molar-refractivity contribution in [1.29, 1.82) is 0 Å². The third-order valence-corrected chi connectivity index (χ3v) is 5.72. The van der Waals surface area contributed by atoms with Gasteiger partial charge in [-0.15, -0.1) is 5.10 Å². The van der Waals surface area contributed by atoms with Gasteiger partial charge in [-0.25, -0.2) is 9.07 Å². The molecule has 9 heteroatoms. The molecule has 7 nitrogen and oxygen atoms in total. The van der Waals surface area contributed by atoms with E-state index in [-0.39, 0.29) is 33.6 Å². The molecule has 1 unspecified atom stereocenters. The van der Waals surface area contributed by atoms with Crippen LogP contribution in [0.4, 0.5) is 4.39 Å². The van der Waals surface area contributed by atoms with Crippen molar-refractivity contribution in [3.63, 3.8) is 0 Å². The second-order valence-corrected chi connectivity index (χ2v) is 7.28. The lowest BCUT2D eigenvalue weighted by Crippen LogP contribution is -2.40. The fourth-order valence-corrected chi connectivity index (χ4v) is 3.89. The van der Waals surface area contributed by atoms with E-state index in [4.69, 9.17) is 16.7 Å². The minimum absolute atomic E-state index is 0.0374. The molecule has 26 heavy (non-hydrogen) atoms. The van der Waals surface area contributed by atoms with Crippen molar-refractivity contribution in [2.75, 3.05) is 13.1 Å². The number of amides is 1. The summed E-state index contributed by atoms with van der Waals surface area (Å²) in [4.78, 5) is 25.4. The Morgan fingerprint density at radius 3 is 2.69 bits per heavy atom. The van der Waals surface area contributed by atoms with E-state index in [2.05, 4.69) is 10.3 Å². The first-order valence-electron chi connectivity index (χ1n) is 8.30. The first kappa shape index (κ1) is 17.0. The Hall–Kier alpha value is -2.48. The van der Waals surface area contributed by atoms with E-state index in [0.29, 0.717) is 32.4 Å². The average Bonchev–Trinajstić information content (AvgIpc) is 3.11. The quantitative estimate of drug-likeness (QED) is 0.885. The molecule has 1 saturated carbocycles. The Labute approximate surface area is 153 Å². The van der Waals surface area contributed by atoms with Gasteiger partial charge >= 0.3 is 5.97 Å². The van der Waals surface area contributed by atoms with Crippen molar-refractivity contribution in [3.8, 4) is 5.69 Å². The highest BCUT2D eigenvalue weighted by Gasteiger charge is 2.59. The molecule has 1 aliphatic heterocycles. The number of carboxylic acids is 1. The number of carboxylic acid groups (broad SMARTS) is 1. The number of nitrogens with zero attached hydrogens (tertiary/aromatic N) is 4. The first-order valence-corrected chi connectivity index (χ1v) is 8.68. The molecule has 1 atom stereocenters. The Bertz CT molecular complexity index is 892. The maximum atomic E-state index is 14.1. The zero-order chi connectivity index (χ0) is 18.5. The standard InChI is InChI=1S/C17H16ClFN4O3/c18-11-2-1-3-13(14(11)19)23-9-12(20-21-23)15(24)22-6-4-17(5-7-22)8-10(17)16(25)26/h1-3,9-10H,4-8H2,(H,25,26). The van der Waals surface area contributed by atoms with Gasteiger partial charge in [-0.2, -0.15) is 0 Å². The Morgan fingerprint density at radius 1 is 1.31 bits per heavy atom. The lowest BCUT2D eigenvalue weighted by Gasteiger charge is -2.32. The molecule has 2 aliphatic rings. The molecule has 1 saturated heterocycles. The predicted molar refractivity (Wildman–Crippen MR) is 89.6 cm³/mol. The third kappa shape index (κ3) is 2.74. The van der Waals surface area contributed by atoms with Gasteiger partial charge in [0.25, 0.3) is 5.91 Å². The number of rotatable bonds is 3. The van der Waals surface area contributed by atoms with Gasteiger partial charge < -0.3 is 10.0 Å². The summed E-state index contributed by atoms with van der Waals surface area (Å²) < 4.78 is 15.3. The second-order valence-electron chi connectivity index (χ2n) is 6.87. The highest BCUT2D eigenvalue weighted by molar-refractivity contribution is 6.30. The van der Waals surface area contributed by atoms with Crippen LogP contribution in [0.1, 0.15) is 29.8 Å². The van der Waals surface area contributed by atoms with Gasteiger partial charge in [0, 0.05) is 13.1 Å². The van der Waals surface area contributed by atoms with Crippen LogP contribution in [-0.2, 0) is 4.79 Å². The molecule has 1 amide bonds. The van der Waals surface area contributed by atoms with Crippen LogP contribution < -0.4 is 0 Å². The minimum Gasteiger partial charge on any atom is -0.481 e. The fourth-order valence-electron chi connectivity index (χ4n) is 3.72. The van der Waals surface area contributed by atoms with Crippen molar-refractivity contribution >= 4 is 23.5 Å². The number of likely N-dealkylation sites (tertiary alicyclic amines) is 1. The Morgan fingerprint density at radius 2 is 2.04 bits per heavy atom. The van der Waals surface area contributed by atoms with Crippen LogP contribution in [0.2, 0.25) is 5.02 Å². The van der Waals surface area contributed by atoms with Gasteiger partial charge in [0.15, 0.2) is 11.5 Å². The minimum atomic E-state index is -0.753. The van der Waals surface area contributed by atoms with E-state index >= 15 is 0 Å². The molecule has 136 valence electrons. The van der Waals surface area contributed by atoms with Gasteiger partial charge in [-0.05, 0) is 36.8 Å². The normalized spacial score (nSPS) is 21.0. The van der Waals surface area contributed by atoms with Crippen LogP contribution in [0.25, 0.3) is 5.69 Å². The van der Waals surface area contributed by atoms with Gasteiger partial charge in [-0.3, -0.25) is 9.59 Å². The Kier molecular flexibility index (Phi) is 3.95. The van der Waals surface area contributed by atoms with Gasteiger partial charge in [-0.1, -0.05) is 22.9 Å². The van der Waals surface area contributed by atoms with E-state index < -0.39 is 11.8 Å². The fraction of sp³-hybridized carbons (Fsp3) is 0.412. The predicted octanol–water partition coefficient (Wildman–Crippen LogP) is 2.39. The monoisotopic (exact) mass is 378 g/mol. The number of carbonyl (C=O) groups is 2. The summed E-state index contributed by atoms with van der Waals surface area (Å²) in [6.07, 6.45) is 3.41. The number of aromatic nitrogens is 3. The summed E-state index contributed by atoms with van der Waals surface area (Å²) >= 11 is 5.77. The molecule has 2 fully saturated rings. The molecule has 1 N–H and O–H groups in total. The molecular formula is C17H16ClFN4O3. The van der Waals surface area contributed by atoms with Gasteiger partial charge in [0.05, 0.1) is 17.1 Å². The number of benzene rings is 1. The second kappa shape index (κ2) is 6.05. The smallest absolute Gasteiger partial charge is 0.307 e. The van der Waals surface area contributed by atoms with E-state index in [0.717, 1.165) is 0 Å². The van der Waals surface area contributed by atoms with E-state index in [1.165, 1.54) is 23.0 Å². The average molecular weight is 379 g/mol. The molecule has 2 heterocycles. The molecular weight excluding hydrogens is 363 g/mol. The van der Waals surface area contributed by atoms with Gasteiger partial charge in [0.2, 0.25) is 0 Å². The zero-order valence-electron chi connectivity index (χ0n) is 13.7. The molecule has 2 aromatic rings. The number of hydrogen-bond acceptors (Lipinski definition) is 4. The van der Waals surface area contributed by atoms with Crippen molar-refractivity contribution in [2.45, 2.75) is 19.3 Å². The lowest BCUT2D eigenvalue weighted by atomic mass is 9.90. The number of hydrogen-bond donors (Lipinski definition) is 1.